The average molecular weight is 281 g/mol. The van der Waals surface area contributed by atoms with Crippen molar-refractivity contribution in [3.63, 3.8) is 0 Å². The highest BCUT2D eigenvalue weighted by Gasteiger charge is 2.24. The minimum atomic E-state index is -1.42. The Morgan fingerprint density at radius 2 is 2.15 bits per heavy atom. The van der Waals surface area contributed by atoms with Gasteiger partial charge in [0.05, 0.1) is 6.61 Å². The lowest BCUT2D eigenvalue weighted by molar-refractivity contribution is -0.140. The fourth-order valence-corrected chi connectivity index (χ4v) is 1.82. The first kappa shape index (κ1) is 14.0. The van der Waals surface area contributed by atoms with E-state index in [1.807, 2.05) is 0 Å². The lowest BCUT2D eigenvalue weighted by atomic mass is 10.1. The number of carbonyl (C=O) groups is 2. The molecule has 0 saturated heterocycles. The first-order valence-electron chi connectivity index (χ1n) is 5.77. The van der Waals surface area contributed by atoms with Crippen LogP contribution >= 0.6 is 0 Å². The summed E-state index contributed by atoms with van der Waals surface area (Å²) < 4.78 is 18.4. The Hall–Kier alpha value is -2.41. The third kappa shape index (κ3) is 2.48. The molecule has 1 amide bonds. The zero-order valence-electron chi connectivity index (χ0n) is 10.5. The molecular formula is C13H12FNO5. The van der Waals surface area contributed by atoms with Gasteiger partial charge in [0, 0.05) is 10.9 Å². The Morgan fingerprint density at radius 1 is 1.45 bits per heavy atom. The minimum absolute atomic E-state index is 0.106. The number of halogens is 1. The van der Waals surface area contributed by atoms with E-state index in [4.69, 9.17) is 14.6 Å². The maximum absolute atomic E-state index is 13.1. The van der Waals surface area contributed by atoms with Gasteiger partial charge in [-0.1, -0.05) is 0 Å². The van der Waals surface area contributed by atoms with Gasteiger partial charge in [0.1, 0.15) is 11.4 Å². The SMILES string of the molecule is Cc1c(C(=O)N[C@H](CO)C(=O)O)oc2ccc(F)cc12. The van der Waals surface area contributed by atoms with Crippen LogP contribution in [0.15, 0.2) is 22.6 Å². The van der Waals surface area contributed by atoms with Crippen molar-refractivity contribution in [2.24, 2.45) is 0 Å². The van der Waals surface area contributed by atoms with Crippen molar-refractivity contribution in [2.75, 3.05) is 6.61 Å². The number of nitrogens with one attached hydrogen (secondary N) is 1. The molecule has 0 fully saturated rings. The summed E-state index contributed by atoms with van der Waals surface area (Å²) in [6, 6.07) is 2.38. The van der Waals surface area contributed by atoms with Gasteiger partial charge in [0.15, 0.2) is 11.8 Å². The van der Waals surface area contributed by atoms with E-state index in [1.165, 1.54) is 18.2 Å². The number of aliphatic hydroxyl groups excluding tert-OH is 1. The zero-order valence-corrected chi connectivity index (χ0v) is 10.5. The van der Waals surface area contributed by atoms with E-state index in [0.717, 1.165) is 0 Å². The number of aliphatic hydroxyl groups is 1. The Bertz CT molecular complexity index is 679. The average Bonchev–Trinajstić information content (AvgIpc) is 2.73. The summed E-state index contributed by atoms with van der Waals surface area (Å²) in [6.07, 6.45) is 0. The number of aliphatic carboxylic acids is 1. The van der Waals surface area contributed by atoms with Gasteiger partial charge in [-0.25, -0.2) is 9.18 Å². The second kappa shape index (κ2) is 5.30. The third-order valence-corrected chi connectivity index (χ3v) is 2.89. The molecule has 0 aliphatic rings. The molecule has 0 radical (unpaired) electrons. The van der Waals surface area contributed by atoms with Gasteiger partial charge in [0.25, 0.3) is 5.91 Å². The molecule has 1 heterocycles. The first-order chi connectivity index (χ1) is 9.43. The Balaban J connectivity index is 2.35. The Kier molecular flexibility index (Phi) is 3.71. The molecule has 0 aliphatic heterocycles. The number of hydrogen-bond acceptors (Lipinski definition) is 4. The van der Waals surface area contributed by atoms with E-state index in [2.05, 4.69) is 5.32 Å². The molecule has 2 aromatic rings. The summed E-state index contributed by atoms with van der Waals surface area (Å²) >= 11 is 0. The fraction of sp³-hybridized carbons (Fsp3) is 0.231. The largest absolute Gasteiger partial charge is 0.480 e. The number of carboxylic acid groups (broad SMARTS) is 1. The Morgan fingerprint density at radius 3 is 2.75 bits per heavy atom. The predicted molar refractivity (Wildman–Crippen MR) is 66.9 cm³/mol. The summed E-state index contributed by atoms with van der Waals surface area (Å²) in [5, 5.41) is 20.2. The van der Waals surface area contributed by atoms with Crippen LogP contribution in [0, 0.1) is 12.7 Å². The molecular weight excluding hydrogens is 269 g/mol. The van der Waals surface area contributed by atoms with Gasteiger partial charge >= 0.3 is 5.97 Å². The van der Waals surface area contributed by atoms with Crippen LogP contribution in [0.4, 0.5) is 4.39 Å². The third-order valence-electron chi connectivity index (χ3n) is 2.89. The zero-order chi connectivity index (χ0) is 14.9. The highest BCUT2D eigenvalue weighted by molar-refractivity contribution is 6.00. The van der Waals surface area contributed by atoms with E-state index in [-0.39, 0.29) is 5.76 Å². The van der Waals surface area contributed by atoms with Gasteiger partial charge < -0.3 is 19.9 Å². The maximum Gasteiger partial charge on any atom is 0.328 e. The molecule has 0 aliphatic carbocycles. The van der Waals surface area contributed by atoms with E-state index < -0.39 is 30.3 Å². The normalized spacial score (nSPS) is 12.3. The number of benzene rings is 1. The van der Waals surface area contributed by atoms with Gasteiger partial charge in [-0.05, 0) is 25.1 Å². The fourth-order valence-electron chi connectivity index (χ4n) is 1.82. The smallest absolute Gasteiger partial charge is 0.328 e. The summed E-state index contributed by atoms with van der Waals surface area (Å²) in [5.41, 5.74) is 0.726. The van der Waals surface area contributed by atoms with Crippen LogP contribution < -0.4 is 5.32 Å². The molecule has 7 heteroatoms. The number of fused-ring (bicyclic) bond motifs is 1. The molecule has 6 nitrogen and oxygen atoms in total. The molecule has 1 aromatic carbocycles. The molecule has 3 N–H and O–H groups in total. The van der Waals surface area contributed by atoms with Crippen LogP contribution in [0.5, 0.6) is 0 Å². The quantitative estimate of drug-likeness (QED) is 0.778. The van der Waals surface area contributed by atoms with E-state index >= 15 is 0 Å². The molecule has 0 unspecified atom stereocenters. The monoisotopic (exact) mass is 281 g/mol. The summed E-state index contributed by atoms with van der Waals surface area (Å²) in [5.74, 6) is -2.71. The molecule has 1 aromatic heterocycles. The standard InChI is InChI=1S/C13H12FNO5/c1-6-8-4-7(14)2-3-10(8)20-11(6)12(17)15-9(5-16)13(18)19/h2-4,9,16H,5H2,1H3,(H,15,17)(H,18,19)/t9-/m1/s1. The summed E-state index contributed by atoms with van der Waals surface area (Å²) in [6.45, 7) is 0.823. The molecule has 0 saturated carbocycles. The second-order valence-electron chi connectivity index (χ2n) is 4.24. The number of furan rings is 1. The van der Waals surface area contributed by atoms with Crippen molar-refractivity contribution in [3.05, 3.63) is 35.3 Å². The van der Waals surface area contributed by atoms with Gasteiger partial charge in [-0.15, -0.1) is 0 Å². The van der Waals surface area contributed by atoms with E-state index in [0.29, 0.717) is 16.5 Å². The highest BCUT2D eigenvalue weighted by atomic mass is 19.1. The predicted octanol–water partition coefficient (Wildman–Crippen LogP) is 1.06. The lowest BCUT2D eigenvalue weighted by Gasteiger charge is -2.10. The van der Waals surface area contributed by atoms with E-state index in [9.17, 15) is 14.0 Å². The van der Waals surface area contributed by atoms with Crippen LogP contribution in [0.3, 0.4) is 0 Å². The number of carboxylic acids is 1. The molecule has 0 bridgehead atoms. The first-order valence-corrected chi connectivity index (χ1v) is 5.77. The molecule has 20 heavy (non-hydrogen) atoms. The number of amides is 1. The highest BCUT2D eigenvalue weighted by Crippen LogP contribution is 2.25. The number of carbonyl (C=O) groups excluding carboxylic acids is 1. The van der Waals surface area contributed by atoms with Crippen molar-refractivity contribution in [1.82, 2.24) is 5.32 Å². The van der Waals surface area contributed by atoms with Crippen molar-refractivity contribution in [3.8, 4) is 0 Å². The van der Waals surface area contributed by atoms with Crippen molar-refractivity contribution < 1.29 is 28.6 Å². The van der Waals surface area contributed by atoms with Crippen molar-refractivity contribution in [2.45, 2.75) is 13.0 Å². The molecule has 0 spiro atoms. The minimum Gasteiger partial charge on any atom is -0.480 e. The maximum atomic E-state index is 13.1. The van der Waals surface area contributed by atoms with Crippen LogP contribution in [0.2, 0.25) is 0 Å². The van der Waals surface area contributed by atoms with Crippen molar-refractivity contribution in [1.29, 1.82) is 0 Å². The van der Waals surface area contributed by atoms with Crippen LogP contribution in [-0.4, -0.2) is 34.7 Å². The van der Waals surface area contributed by atoms with E-state index in [1.54, 1.807) is 6.92 Å². The van der Waals surface area contributed by atoms with Crippen LogP contribution in [0.25, 0.3) is 11.0 Å². The number of rotatable bonds is 4. The summed E-state index contributed by atoms with van der Waals surface area (Å²) in [4.78, 5) is 22.7. The Labute approximate surface area is 112 Å². The molecule has 106 valence electrons. The van der Waals surface area contributed by atoms with Crippen molar-refractivity contribution >= 4 is 22.8 Å². The lowest BCUT2D eigenvalue weighted by Crippen LogP contribution is -2.43. The van der Waals surface area contributed by atoms with Gasteiger partial charge in [-0.2, -0.15) is 0 Å². The summed E-state index contributed by atoms with van der Waals surface area (Å²) in [7, 11) is 0. The van der Waals surface area contributed by atoms with Crippen LogP contribution in [-0.2, 0) is 4.79 Å². The molecule has 1 atom stereocenters. The number of aryl methyl sites for hydroxylation is 1. The topological polar surface area (TPSA) is 99.8 Å². The van der Waals surface area contributed by atoms with Crippen LogP contribution in [0.1, 0.15) is 16.1 Å². The van der Waals surface area contributed by atoms with Gasteiger partial charge in [0.2, 0.25) is 0 Å². The number of hydrogen-bond donors (Lipinski definition) is 3. The second-order valence-corrected chi connectivity index (χ2v) is 4.24. The van der Waals surface area contributed by atoms with Gasteiger partial charge in [-0.3, -0.25) is 4.79 Å². The molecule has 2 rings (SSSR count).